The molecule has 7 nitrogen and oxygen atoms in total. The van der Waals surface area contributed by atoms with Gasteiger partial charge in [-0.3, -0.25) is 5.43 Å². The number of nitrogens with zero attached hydrogens (tertiary/aromatic N) is 4. The van der Waals surface area contributed by atoms with Crippen LogP contribution in [-0.4, -0.2) is 22.4 Å². The van der Waals surface area contributed by atoms with E-state index in [4.69, 9.17) is 0 Å². The third kappa shape index (κ3) is 8.23. The molecule has 0 saturated heterocycles. The molecule has 0 amide bonds. The summed E-state index contributed by atoms with van der Waals surface area (Å²) < 4.78 is 0. The van der Waals surface area contributed by atoms with Gasteiger partial charge in [-0.1, -0.05) is 108 Å². The molecule has 0 bridgehead atoms. The van der Waals surface area contributed by atoms with Crippen LogP contribution in [0.4, 0.5) is 23.3 Å². The number of benzene rings is 3. The molecule has 0 saturated carbocycles. The van der Waals surface area contributed by atoms with Gasteiger partial charge in [-0.2, -0.15) is 20.2 Å². The summed E-state index contributed by atoms with van der Waals surface area (Å²) in [5.41, 5.74) is 11.6. The first kappa shape index (κ1) is 27.5. The van der Waals surface area contributed by atoms with Crippen LogP contribution in [0.15, 0.2) is 95.1 Å². The lowest BCUT2D eigenvalue weighted by Gasteiger charge is -2.18. The summed E-state index contributed by atoms with van der Waals surface area (Å²) in [4.78, 5) is 9.10. The van der Waals surface area contributed by atoms with Crippen LogP contribution in [0, 0.1) is 0 Å². The van der Waals surface area contributed by atoms with E-state index in [0.29, 0.717) is 17.6 Å². The molecule has 0 aliphatic carbocycles. The van der Waals surface area contributed by atoms with Gasteiger partial charge in [0.2, 0.25) is 5.95 Å². The molecule has 4 aromatic rings. The van der Waals surface area contributed by atoms with Crippen LogP contribution in [-0.2, 0) is 10.8 Å². The number of anilines is 4. The first-order valence-corrected chi connectivity index (χ1v) is 13.1. The Kier molecular flexibility index (Phi) is 8.39. The van der Waals surface area contributed by atoms with Gasteiger partial charge in [-0.05, 0) is 45.2 Å². The standard InChI is InChI=1S/C32H37N7/c1-31(2,3)25-16-12-23(13-17-25)21-33-38-29-20-28(35-27-10-8-7-9-11-27)36-30(37-29)39-34-22-24-14-18-26(19-15-24)32(4,5)6/h7-22H,1-6H3,(H3,35,36,37,38,39). The summed E-state index contributed by atoms with van der Waals surface area (Å²) in [6, 6.07) is 28.4. The highest BCUT2D eigenvalue weighted by atomic mass is 15.4. The molecule has 1 heterocycles. The van der Waals surface area contributed by atoms with Crippen LogP contribution in [0.5, 0.6) is 0 Å². The Labute approximate surface area is 231 Å². The monoisotopic (exact) mass is 519 g/mol. The predicted molar refractivity (Wildman–Crippen MR) is 164 cm³/mol. The van der Waals surface area contributed by atoms with Crippen molar-refractivity contribution in [2.45, 2.75) is 52.4 Å². The Hall–Kier alpha value is -4.52. The second kappa shape index (κ2) is 11.9. The molecule has 0 aliphatic heterocycles. The quantitative estimate of drug-likeness (QED) is 0.164. The molecule has 4 rings (SSSR count). The first-order chi connectivity index (χ1) is 18.6. The zero-order chi connectivity index (χ0) is 27.9. The van der Waals surface area contributed by atoms with Crippen molar-refractivity contribution in [1.82, 2.24) is 9.97 Å². The molecule has 0 radical (unpaired) electrons. The van der Waals surface area contributed by atoms with E-state index in [1.54, 1.807) is 18.5 Å². The molecule has 200 valence electrons. The average molecular weight is 520 g/mol. The zero-order valence-electron chi connectivity index (χ0n) is 23.5. The number of rotatable bonds is 8. The fourth-order valence-electron chi connectivity index (χ4n) is 3.76. The number of hydrogen-bond donors (Lipinski definition) is 3. The summed E-state index contributed by atoms with van der Waals surface area (Å²) in [5, 5.41) is 12.1. The van der Waals surface area contributed by atoms with Crippen LogP contribution in [0.1, 0.15) is 63.8 Å². The summed E-state index contributed by atoms with van der Waals surface area (Å²) >= 11 is 0. The molecule has 1 aromatic heterocycles. The summed E-state index contributed by atoms with van der Waals surface area (Å²) in [5.74, 6) is 1.47. The van der Waals surface area contributed by atoms with E-state index in [1.165, 1.54) is 11.1 Å². The van der Waals surface area contributed by atoms with E-state index in [1.807, 2.05) is 30.3 Å². The SMILES string of the molecule is CC(C)(C)c1ccc(C=NNc2cc(Nc3ccccc3)nc(NN=Cc3ccc(C(C)(C)C)cc3)n2)cc1. The minimum atomic E-state index is 0.107. The first-order valence-electron chi connectivity index (χ1n) is 13.1. The van der Waals surface area contributed by atoms with E-state index in [0.717, 1.165) is 16.8 Å². The van der Waals surface area contributed by atoms with Crippen LogP contribution in [0.2, 0.25) is 0 Å². The van der Waals surface area contributed by atoms with Gasteiger partial charge in [-0.25, -0.2) is 5.43 Å². The normalized spacial score (nSPS) is 12.2. The van der Waals surface area contributed by atoms with Crippen molar-refractivity contribution in [2.75, 3.05) is 16.2 Å². The van der Waals surface area contributed by atoms with E-state index in [9.17, 15) is 0 Å². The fraction of sp³-hybridized carbons (Fsp3) is 0.250. The topological polar surface area (TPSA) is 86.6 Å². The largest absolute Gasteiger partial charge is 0.340 e. The Morgan fingerprint density at radius 2 is 1.08 bits per heavy atom. The number of nitrogens with one attached hydrogen (secondary N) is 3. The van der Waals surface area contributed by atoms with Gasteiger partial charge < -0.3 is 5.32 Å². The second-order valence-electron chi connectivity index (χ2n) is 11.4. The third-order valence-corrected chi connectivity index (χ3v) is 6.10. The van der Waals surface area contributed by atoms with Gasteiger partial charge >= 0.3 is 0 Å². The van der Waals surface area contributed by atoms with E-state index in [-0.39, 0.29) is 10.8 Å². The maximum Gasteiger partial charge on any atom is 0.247 e. The molecular weight excluding hydrogens is 482 g/mol. The lowest BCUT2D eigenvalue weighted by atomic mass is 9.87. The van der Waals surface area contributed by atoms with Gasteiger partial charge in [0.25, 0.3) is 0 Å². The summed E-state index contributed by atoms with van der Waals surface area (Å²) in [6.07, 6.45) is 3.52. The van der Waals surface area contributed by atoms with Crippen LogP contribution in [0.3, 0.4) is 0 Å². The maximum atomic E-state index is 4.57. The van der Waals surface area contributed by atoms with Crippen molar-refractivity contribution in [3.63, 3.8) is 0 Å². The number of para-hydroxylation sites is 1. The molecule has 0 fully saturated rings. The maximum absolute atomic E-state index is 4.57. The lowest BCUT2D eigenvalue weighted by molar-refractivity contribution is 0.590. The zero-order valence-corrected chi connectivity index (χ0v) is 23.5. The molecule has 3 aromatic carbocycles. The highest BCUT2D eigenvalue weighted by Crippen LogP contribution is 2.23. The molecule has 0 unspecified atom stereocenters. The third-order valence-electron chi connectivity index (χ3n) is 6.10. The molecule has 3 N–H and O–H groups in total. The van der Waals surface area contributed by atoms with Gasteiger partial charge in [0.1, 0.15) is 5.82 Å². The molecular formula is C32H37N7. The highest BCUT2D eigenvalue weighted by molar-refractivity contribution is 5.81. The number of aromatic nitrogens is 2. The predicted octanol–water partition coefficient (Wildman–Crippen LogP) is 7.71. The minimum absolute atomic E-state index is 0.107. The molecule has 0 spiro atoms. The van der Waals surface area contributed by atoms with Gasteiger partial charge in [-0.15, -0.1) is 0 Å². The number of hydrazone groups is 2. The Morgan fingerprint density at radius 1 is 0.590 bits per heavy atom. The van der Waals surface area contributed by atoms with E-state index >= 15 is 0 Å². The van der Waals surface area contributed by atoms with Gasteiger partial charge in [0.15, 0.2) is 5.82 Å². The smallest absolute Gasteiger partial charge is 0.247 e. The van der Waals surface area contributed by atoms with E-state index < -0.39 is 0 Å². The Balaban J connectivity index is 1.49. The average Bonchev–Trinajstić information content (AvgIpc) is 2.89. The molecule has 0 atom stereocenters. The van der Waals surface area contributed by atoms with Crippen molar-refractivity contribution in [2.24, 2.45) is 10.2 Å². The second-order valence-corrected chi connectivity index (χ2v) is 11.4. The van der Waals surface area contributed by atoms with Crippen LogP contribution in [0.25, 0.3) is 0 Å². The van der Waals surface area contributed by atoms with Gasteiger partial charge in [0.05, 0.1) is 12.4 Å². The van der Waals surface area contributed by atoms with Crippen LogP contribution < -0.4 is 16.2 Å². The van der Waals surface area contributed by atoms with E-state index in [2.05, 4.69) is 126 Å². The molecule has 0 aliphatic rings. The van der Waals surface area contributed by atoms with Crippen molar-refractivity contribution in [1.29, 1.82) is 0 Å². The lowest BCUT2D eigenvalue weighted by Crippen LogP contribution is -2.10. The Morgan fingerprint density at radius 3 is 1.59 bits per heavy atom. The highest BCUT2D eigenvalue weighted by Gasteiger charge is 2.13. The molecule has 7 heteroatoms. The van der Waals surface area contributed by atoms with Gasteiger partial charge in [0, 0.05) is 11.8 Å². The molecule has 39 heavy (non-hydrogen) atoms. The van der Waals surface area contributed by atoms with Crippen molar-refractivity contribution < 1.29 is 0 Å². The van der Waals surface area contributed by atoms with Crippen LogP contribution >= 0.6 is 0 Å². The number of hydrogen-bond acceptors (Lipinski definition) is 7. The minimum Gasteiger partial charge on any atom is -0.340 e. The fourth-order valence-corrected chi connectivity index (χ4v) is 3.76. The van der Waals surface area contributed by atoms with Crippen molar-refractivity contribution in [3.05, 3.63) is 107 Å². The van der Waals surface area contributed by atoms with Crippen molar-refractivity contribution >= 4 is 35.7 Å². The summed E-state index contributed by atoms with van der Waals surface area (Å²) in [6.45, 7) is 13.2. The Bertz CT molecular complexity index is 1320. The summed E-state index contributed by atoms with van der Waals surface area (Å²) in [7, 11) is 0. The van der Waals surface area contributed by atoms with Crippen molar-refractivity contribution in [3.8, 4) is 0 Å².